The molecule has 1 heterocycles. The average molecular weight is 483 g/mol. The van der Waals surface area contributed by atoms with Gasteiger partial charge in [0.25, 0.3) is 0 Å². The summed E-state index contributed by atoms with van der Waals surface area (Å²) in [6.45, 7) is 1.28. The molecule has 0 saturated carbocycles. The Morgan fingerprint density at radius 1 is 0.970 bits per heavy atom. The molecule has 33 heavy (non-hydrogen) atoms. The number of carbonyl (C=O) groups is 2. The molecule has 3 aromatic rings. The third-order valence-corrected chi connectivity index (χ3v) is 6.33. The molecule has 4 rings (SSSR count). The number of rotatable bonds is 8. The van der Waals surface area contributed by atoms with Crippen LogP contribution in [0.1, 0.15) is 17.5 Å². The van der Waals surface area contributed by atoms with Crippen molar-refractivity contribution in [3.8, 4) is 5.75 Å². The fourth-order valence-corrected chi connectivity index (χ4v) is 4.09. The minimum absolute atomic E-state index is 0.0531. The van der Waals surface area contributed by atoms with Gasteiger partial charge in [0.2, 0.25) is 11.8 Å². The van der Waals surface area contributed by atoms with Crippen molar-refractivity contribution in [2.75, 3.05) is 18.0 Å². The average Bonchev–Trinajstić information content (AvgIpc) is 3.22. The molecule has 3 aromatic carbocycles. The van der Waals surface area contributed by atoms with E-state index in [-0.39, 0.29) is 24.2 Å². The molecule has 0 bridgehead atoms. The molecule has 1 fully saturated rings. The lowest BCUT2D eigenvalue weighted by atomic mass is 10.1. The lowest BCUT2D eigenvalue weighted by Crippen LogP contribution is -2.34. The van der Waals surface area contributed by atoms with Gasteiger partial charge in [-0.05, 0) is 53.9 Å². The molecule has 0 radical (unpaired) electrons. The second kappa shape index (κ2) is 10.7. The number of hydrogen-bond donors (Lipinski definition) is 1. The van der Waals surface area contributed by atoms with Gasteiger partial charge >= 0.3 is 0 Å². The van der Waals surface area contributed by atoms with E-state index >= 15 is 0 Å². The second-order valence-corrected chi connectivity index (χ2v) is 8.78. The van der Waals surface area contributed by atoms with Crippen LogP contribution in [0.25, 0.3) is 0 Å². The van der Waals surface area contributed by atoms with Gasteiger partial charge in [-0.15, -0.1) is 0 Å². The molecule has 1 saturated heterocycles. The minimum Gasteiger partial charge on any atom is -0.489 e. The predicted molar refractivity (Wildman–Crippen MR) is 131 cm³/mol. The maximum atomic E-state index is 12.5. The van der Waals surface area contributed by atoms with Gasteiger partial charge in [-0.3, -0.25) is 9.59 Å². The summed E-state index contributed by atoms with van der Waals surface area (Å²) in [4.78, 5) is 26.7. The van der Waals surface area contributed by atoms with Crippen molar-refractivity contribution in [1.82, 2.24) is 5.32 Å². The Hall–Kier alpha value is -3.02. The van der Waals surface area contributed by atoms with Crippen LogP contribution in [0.3, 0.4) is 0 Å². The molecule has 0 spiro atoms. The summed E-state index contributed by atoms with van der Waals surface area (Å²) in [5.74, 6) is 0.191. The van der Waals surface area contributed by atoms with Crippen LogP contribution in [0.4, 0.5) is 5.69 Å². The molecular weight excluding hydrogens is 459 g/mol. The molecule has 0 aliphatic carbocycles. The lowest BCUT2D eigenvalue weighted by Gasteiger charge is -2.17. The first-order valence-electron chi connectivity index (χ1n) is 10.8. The molecule has 1 aliphatic rings. The number of carbonyl (C=O) groups excluding carboxylic acids is 2. The second-order valence-electron chi connectivity index (χ2n) is 7.96. The number of amides is 2. The summed E-state index contributed by atoms with van der Waals surface area (Å²) >= 11 is 12.0. The molecule has 5 nitrogen and oxygen atoms in total. The van der Waals surface area contributed by atoms with Gasteiger partial charge < -0.3 is 15.0 Å². The van der Waals surface area contributed by atoms with Gasteiger partial charge in [0.05, 0.1) is 16.0 Å². The normalized spacial score (nSPS) is 15.5. The van der Waals surface area contributed by atoms with Crippen LogP contribution >= 0.6 is 23.2 Å². The van der Waals surface area contributed by atoms with E-state index in [1.807, 2.05) is 60.7 Å². The molecule has 1 unspecified atom stereocenters. The molecule has 0 aromatic heterocycles. The van der Waals surface area contributed by atoms with Crippen LogP contribution in [-0.4, -0.2) is 24.9 Å². The number of halogens is 2. The van der Waals surface area contributed by atoms with E-state index in [1.54, 1.807) is 17.0 Å². The Labute approximate surface area is 203 Å². The molecule has 170 valence electrons. The predicted octanol–water partition coefficient (Wildman–Crippen LogP) is 5.28. The van der Waals surface area contributed by atoms with Crippen LogP contribution in [-0.2, 0) is 22.6 Å². The summed E-state index contributed by atoms with van der Waals surface area (Å²) < 4.78 is 5.80. The molecular formula is C26H24Cl2N2O3. The number of hydrogen-bond acceptors (Lipinski definition) is 3. The number of anilines is 1. The zero-order chi connectivity index (χ0) is 23.2. The van der Waals surface area contributed by atoms with Crippen molar-refractivity contribution in [2.24, 2.45) is 5.92 Å². The SMILES string of the molecule is O=C(NCCc1ccccc1)C1CC(=O)N(c2ccc(OCc3ccc(Cl)c(Cl)c3)cc2)C1. The van der Waals surface area contributed by atoms with Crippen LogP contribution in [0.2, 0.25) is 10.0 Å². The lowest BCUT2D eigenvalue weighted by molar-refractivity contribution is -0.126. The van der Waals surface area contributed by atoms with Crippen molar-refractivity contribution >= 4 is 40.7 Å². The van der Waals surface area contributed by atoms with Gasteiger partial charge in [0.1, 0.15) is 12.4 Å². The maximum Gasteiger partial charge on any atom is 0.227 e. The highest BCUT2D eigenvalue weighted by Crippen LogP contribution is 2.28. The van der Waals surface area contributed by atoms with Gasteiger partial charge in [-0.25, -0.2) is 0 Å². The van der Waals surface area contributed by atoms with E-state index in [9.17, 15) is 9.59 Å². The standard InChI is InChI=1S/C26H24Cl2N2O3/c27-23-11-6-19(14-24(23)28)17-33-22-9-7-21(8-10-22)30-16-20(15-25(30)31)26(32)29-13-12-18-4-2-1-3-5-18/h1-11,14,20H,12-13,15-17H2,(H,29,32). The Kier molecular flexibility index (Phi) is 7.53. The van der Waals surface area contributed by atoms with Crippen molar-refractivity contribution < 1.29 is 14.3 Å². The molecule has 7 heteroatoms. The van der Waals surface area contributed by atoms with Crippen LogP contribution in [0.15, 0.2) is 72.8 Å². The molecule has 1 atom stereocenters. The number of benzene rings is 3. The van der Waals surface area contributed by atoms with Crippen molar-refractivity contribution in [3.63, 3.8) is 0 Å². The smallest absolute Gasteiger partial charge is 0.227 e. The molecule has 1 N–H and O–H groups in total. The number of ether oxygens (including phenoxy) is 1. The number of nitrogens with zero attached hydrogens (tertiary/aromatic N) is 1. The van der Waals surface area contributed by atoms with E-state index in [4.69, 9.17) is 27.9 Å². The zero-order valence-corrected chi connectivity index (χ0v) is 19.5. The van der Waals surface area contributed by atoms with E-state index in [0.29, 0.717) is 35.5 Å². The van der Waals surface area contributed by atoms with E-state index in [0.717, 1.165) is 17.7 Å². The van der Waals surface area contributed by atoms with Crippen molar-refractivity contribution in [3.05, 3.63) is 94.0 Å². The largest absolute Gasteiger partial charge is 0.489 e. The topological polar surface area (TPSA) is 58.6 Å². The fraction of sp³-hybridized carbons (Fsp3) is 0.231. The Bertz CT molecular complexity index is 1120. The van der Waals surface area contributed by atoms with Gasteiger partial charge in [-0.1, -0.05) is 59.6 Å². The van der Waals surface area contributed by atoms with Crippen LogP contribution < -0.4 is 15.0 Å². The highest BCUT2D eigenvalue weighted by atomic mass is 35.5. The first-order valence-corrected chi connectivity index (χ1v) is 11.5. The summed E-state index contributed by atoms with van der Waals surface area (Å²) in [5.41, 5.74) is 2.83. The van der Waals surface area contributed by atoms with Crippen LogP contribution in [0.5, 0.6) is 5.75 Å². The highest BCUT2D eigenvalue weighted by Gasteiger charge is 2.34. The van der Waals surface area contributed by atoms with E-state index in [2.05, 4.69) is 5.32 Å². The van der Waals surface area contributed by atoms with Gasteiger partial charge in [-0.2, -0.15) is 0 Å². The van der Waals surface area contributed by atoms with Gasteiger partial charge in [0.15, 0.2) is 0 Å². The fourth-order valence-electron chi connectivity index (χ4n) is 3.77. The summed E-state index contributed by atoms with van der Waals surface area (Å²) in [6.07, 6.45) is 0.980. The zero-order valence-electron chi connectivity index (χ0n) is 18.0. The monoisotopic (exact) mass is 482 g/mol. The van der Waals surface area contributed by atoms with Crippen molar-refractivity contribution in [1.29, 1.82) is 0 Å². The third-order valence-electron chi connectivity index (χ3n) is 5.59. The summed E-state index contributed by atoms with van der Waals surface area (Å²) in [6, 6.07) is 22.6. The molecule has 2 amide bonds. The van der Waals surface area contributed by atoms with E-state index < -0.39 is 0 Å². The maximum absolute atomic E-state index is 12.5. The molecule has 1 aliphatic heterocycles. The van der Waals surface area contributed by atoms with E-state index in [1.165, 1.54) is 5.56 Å². The van der Waals surface area contributed by atoms with Crippen molar-refractivity contribution in [2.45, 2.75) is 19.4 Å². The first kappa shape index (κ1) is 23.1. The Morgan fingerprint density at radius 3 is 2.45 bits per heavy atom. The number of nitrogens with one attached hydrogen (secondary N) is 1. The highest BCUT2D eigenvalue weighted by molar-refractivity contribution is 6.42. The quantitative estimate of drug-likeness (QED) is 0.474. The Balaban J connectivity index is 1.28. The van der Waals surface area contributed by atoms with Crippen LogP contribution in [0, 0.1) is 5.92 Å². The summed E-state index contributed by atoms with van der Waals surface area (Å²) in [5, 5.41) is 3.95. The first-order chi connectivity index (χ1) is 16.0. The summed E-state index contributed by atoms with van der Waals surface area (Å²) in [7, 11) is 0. The minimum atomic E-state index is -0.348. The third kappa shape index (κ3) is 6.06. The Morgan fingerprint density at radius 2 is 1.73 bits per heavy atom. The van der Waals surface area contributed by atoms with Gasteiger partial charge in [0, 0.05) is 25.2 Å².